The number of aromatic nitrogens is 4. The molecule has 1 aliphatic carbocycles. The summed E-state index contributed by atoms with van der Waals surface area (Å²) in [6.45, 7) is 0. The molecule has 11 aromatic rings. The highest BCUT2D eigenvalue weighted by Gasteiger charge is 2.50. The molecule has 1 spiro atoms. The van der Waals surface area contributed by atoms with E-state index in [1.165, 1.54) is 48.6 Å². The number of hydrogen-bond acceptors (Lipinski definition) is 5. The number of hydrogen-bond donors (Lipinski definition) is 0. The molecule has 0 saturated heterocycles. The van der Waals surface area contributed by atoms with Crippen LogP contribution in [-0.4, -0.2) is 19.9 Å². The average molecular weight is 833 g/mol. The van der Waals surface area contributed by atoms with Gasteiger partial charge in [0.05, 0.1) is 39.4 Å². The Balaban J connectivity index is 0.961. The zero-order valence-corrected chi connectivity index (χ0v) is 35.3. The summed E-state index contributed by atoms with van der Waals surface area (Å²) in [6, 6.07) is 74.2. The maximum absolute atomic E-state index is 5.47. The summed E-state index contributed by atoms with van der Waals surface area (Å²) in [7, 11) is 0. The van der Waals surface area contributed by atoms with Crippen LogP contribution in [0, 0.1) is 0 Å². The summed E-state index contributed by atoms with van der Waals surface area (Å²) in [5.74, 6) is 0. The van der Waals surface area contributed by atoms with E-state index in [2.05, 4.69) is 180 Å². The Morgan fingerprint density at radius 2 is 0.953 bits per heavy atom. The second-order valence-electron chi connectivity index (χ2n) is 16.5. The van der Waals surface area contributed by atoms with E-state index >= 15 is 0 Å². The highest BCUT2D eigenvalue weighted by molar-refractivity contribution is 7.99. The van der Waals surface area contributed by atoms with Gasteiger partial charge in [-0.1, -0.05) is 157 Å². The number of para-hydroxylation sites is 1. The van der Waals surface area contributed by atoms with Crippen molar-refractivity contribution in [3.8, 4) is 67.4 Å². The molecule has 0 N–H and O–H groups in total. The van der Waals surface area contributed by atoms with Gasteiger partial charge in [-0.2, -0.15) is 0 Å². The molecule has 0 radical (unpaired) electrons. The lowest BCUT2D eigenvalue weighted by Gasteiger charge is -2.39. The van der Waals surface area contributed by atoms with E-state index in [1.54, 1.807) is 12.4 Å². The van der Waals surface area contributed by atoms with E-state index in [0.29, 0.717) is 0 Å². The Morgan fingerprint density at radius 1 is 0.359 bits per heavy atom. The number of fused-ring (bicyclic) bond motifs is 13. The van der Waals surface area contributed by atoms with E-state index < -0.39 is 5.41 Å². The molecule has 7 aromatic carbocycles. The van der Waals surface area contributed by atoms with E-state index in [-0.39, 0.29) is 0 Å². The van der Waals surface area contributed by atoms with Gasteiger partial charge in [0.2, 0.25) is 0 Å². The van der Waals surface area contributed by atoms with E-state index in [0.717, 1.165) is 72.6 Å². The molecule has 4 aromatic heterocycles. The van der Waals surface area contributed by atoms with E-state index in [1.807, 2.05) is 48.2 Å². The van der Waals surface area contributed by atoms with Crippen LogP contribution in [0.5, 0.6) is 0 Å². The van der Waals surface area contributed by atoms with Crippen molar-refractivity contribution in [1.29, 1.82) is 0 Å². The van der Waals surface area contributed by atoms with Crippen LogP contribution in [0.2, 0.25) is 0 Å². The predicted molar refractivity (Wildman–Crippen MR) is 261 cm³/mol. The normalized spacial score (nSPS) is 13.1. The van der Waals surface area contributed by atoms with Crippen molar-refractivity contribution in [2.75, 3.05) is 0 Å². The van der Waals surface area contributed by atoms with Crippen molar-refractivity contribution in [2.24, 2.45) is 0 Å². The van der Waals surface area contributed by atoms with E-state index in [4.69, 9.17) is 9.97 Å². The fraction of sp³-hybridized carbons (Fsp3) is 0.0169. The van der Waals surface area contributed by atoms with Crippen LogP contribution < -0.4 is 0 Å². The smallest absolute Gasteiger partial charge is 0.0900 e. The van der Waals surface area contributed by atoms with Gasteiger partial charge in [-0.3, -0.25) is 9.97 Å². The van der Waals surface area contributed by atoms with Crippen molar-refractivity contribution in [3.05, 3.63) is 241 Å². The molecule has 64 heavy (non-hydrogen) atoms. The number of nitrogens with zero attached hydrogens (tertiary/aromatic N) is 4. The maximum Gasteiger partial charge on any atom is 0.0900 e. The second-order valence-corrected chi connectivity index (χ2v) is 17.6. The monoisotopic (exact) mass is 832 g/mol. The van der Waals surface area contributed by atoms with Crippen molar-refractivity contribution in [2.45, 2.75) is 15.2 Å². The molecule has 0 saturated carbocycles. The van der Waals surface area contributed by atoms with Gasteiger partial charge in [0.15, 0.2) is 0 Å². The first-order valence-electron chi connectivity index (χ1n) is 21.6. The molecule has 0 amide bonds. The fourth-order valence-corrected chi connectivity index (χ4v) is 11.5. The van der Waals surface area contributed by atoms with Crippen LogP contribution in [0.3, 0.4) is 0 Å². The number of benzene rings is 7. The highest BCUT2D eigenvalue weighted by atomic mass is 32.2. The molecule has 4 nitrogen and oxygen atoms in total. The van der Waals surface area contributed by atoms with Crippen LogP contribution in [-0.2, 0) is 5.41 Å². The summed E-state index contributed by atoms with van der Waals surface area (Å²) in [4.78, 5) is 22.3. The van der Waals surface area contributed by atoms with Crippen molar-refractivity contribution in [3.63, 3.8) is 0 Å². The van der Waals surface area contributed by atoms with Gasteiger partial charge in [-0.05, 0) is 116 Å². The van der Waals surface area contributed by atoms with Crippen molar-refractivity contribution in [1.82, 2.24) is 19.9 Å². The maximum atomic E-state index is 5.47. The molecular formula is C59H36N4S. The van der Waals surface area contributed by atoms with Gasteiger partial charge in [-0.25, -0.2) is 9.97 Å². The molecule has 13 rings (SSSR count). The van der Waals surface area contributed by atoms with Crippen LogP contribution in [0.25, 0.3) is 89.1 Å². The van der Waals surface area contributed by atoms with Gasteiger partial charge < -0.3 is 0 Å². The molecular weight excluding hydrogens is 797 g/mol. The van der Waals surface area contributed by atoms with Crippen LogP contribution >= 0.6 is 11.8 Å². The van der Waals surface area contributed by atoms with Crippen molar-refractivity contribution >= 4 is 33.4 Å². The van der Waals surface area contributed by atoms with Crippen molar-refractivity contribution < 1.29 is 0 Å². The summed E-state index contributed by atoms with van der Waals surface area (Å²) >= 11 is 1.88. The van der Waals surface area contributed by atoms with Gasteiger partial charge in [0.25, 0.3) is 0 Å². The minimum atomic E-state index is -0.453. The standard InChI is InChI=1S/C59H36N4S/c1-3-18-45-42(16-1)57-48(59(45)46-19-4-7-24-54(46)64-55-25-8-5-20-47(55)59)31-30-44-56(57)43-17-2-6-21-49(43)63-58(44)40-15-13-14-39(34-40)37-26-28-38(29-27-37)41-35-52(50-22-9-11-32-60-50)62-53(36-41)51-23-10-12-33-61-51/h1-36H. The molecule has 298 valence electrons. The Kier molecular flexibility index (Phi) is 8.33. The minimum Gasteiger partial charge on any atom is -0.255 e. The molecule has 2 aliphatic rings. The third-order valence-electron chi connectivity index (χ3n) is 13.0. The van der Waals surface area contributed by atoms with Gasteiger partial charge in [0, 0.05) is 43.9 Å². The van der Waals surface area contributed by atoms with Gasteiger partial charge >= 0.3 is 0 Å². The second kappa shape index (κ2) is 14.6. The summed E-state index contributed by atoms with van der Waals surface area (Å²) in [6.07, 6.45) is 3.61. The highest BCUT2D eigenvalue weighted by Crippen LogP contribution is 2.63. The first kappa shape index (κ1) is 36.6. The zero-order chi connectivity index (χ0) is 42.2. The van der Waals surface area contributed by atoms with Gasteiger partial charge in [0.1, 0.15) is 0 Å². The number of pyridine rings is 4. The van der Waals surface area contributed by atoms with Crippen LogP contribution in [0.15, 0.2) is 228 Å². The molecule has 5 heterocycles. The summed E-state index contributed by atoms with van der Waals surface area (Å²) < 4.78 is 0. The SMILES string of the molecule is c1ccc(-c2cc(-c3ccc(-c4cccc(-c5nc6ccccc6c6c7c(ccc56)C5(c6ccccc6Sc6ccccc65)c5ccccc5-7)c4)cc3)cc(-c3ccccn3)n2)nc1. The number of rotatable bonds is 5. The minimum absolute atomic E-state index is 0.453. The topological polar surface area (TPSA) is 51.6 Å². The lowest BCUT2D eigenvalue weighted by atomic mass is 9.67. The molecule has 0 unspecified atom stereocenters. The Hall–Kier alpha value is -7.99. The first-order chi connectivity index (χ1) is 31.7. The van der Waals surface area contributed by atoms with Crippen LogP contribution in [0.1, 0.15) is 22.3 Å². The zero-order valence-electron chi connectivity index (χ0n) is 34.5. The Labute approximate surface area is 375 Å². The summed E-state index contributed by atoms with van der Waals surface area (Å²) in [5, 5.41) is 3.56. The molecule has 0 fully saturated rings. The quantitative estimate of drug-likeness (QED) is 0.162. The first-order valence-corrected chi connectivity index (χ1v) is 22.4. The third-order valence-corrected chi connectivity index (χ3v) is 14.2. The molecule has 0 atom stereocenters. The molecule has 5 heteroatoms. The largest absolute Gasteiger partial charge is 0.255 e. The third kappa shape index (κ3) is 5.57. The summed E-state index contributed by atoms with van der Waals surface area (Å²) in [5.41, 5.74) is 18.2. The Bertz CT molecular complexity index is 3540. The van der Waals surface area contributed by atoms with E-state index in [9.17, 15) is 0 Å². The fourth-order valence-electron chi connectivity index (χ4n) is 10.3. The predicted octanol–water partition coefficient (Wildman–Crippen LogP) is 14.7. The van der Waals surface area contributed by atoms with Gasteiger partial charge in [-0.15, -0.1) is 0 Å². The Morgan fingerprint density at radius 3 is 1.64 bits per heavy atom. The van der Waals surface area contributed by atoms with Crippen LogP contribution in [0.4, 0.5) is 0 Å². The molecule has 0 bridgehead atoms. The lowest BCUT2D eigenvalue weighted by Crippen LogP contribution is -2.31. The lowest BCUT2D eigenvalue weighted by molar-refractivity contribution is 0.723. The molecule has 1 aliphatic heterocycles. The average Bonchev–Trinajstić information content (AvgIpc) is 3.67.